The summed E-state index contributed by atoms with van der Waals surface area (Å²) in [4.78, 5) is 28.4. The molecule has 0 radical (unpaired) electrons. The number of carbonyl (C=O) groups is 2. The summed E-state index contributed by atoms with van der Waals surface area (Å²) in [6.07, 6.45) is -3.00. The van der Waals surface area contributed by atoms with Crippen molar-refractivity contribution in [3.63, 3.8) is 0 Å². The Bertz CT molecular complexity index is 767. The van der Waals surface area contributed by atoms with Crippen molar-refractivity contribution < 1.29 is 32.5 Å². The Morgan fingerprint density at radius 2 is 2.00 bits per heavy atom. The van der Waals surface area contributed by atoms with Crippen molar-refractivity contribution in [2.75, 3.05) is 12.5 Å². The Labute approximate surface area is 152 Å². The molecule has 0 saturated carbocycles. The highest BCUT2D eigenvalue weighted by Gasteiger charge is 2.48. The zero-order valence-corrected chi connectivity index (χ0v) is 14.9. The number of anilines is 1. The van der Waals surface area contributed by atoms with E-state index in [9.17, 15) is 27.9 Å². The summed E-state index contributed by atoms with van der Waals surface area (Å²) in [5.74, 6) is -1.29. The van der Waals surface area contributed by atoms with Gasteiger partial charge in [0.2, 0.25) is 0 Å². The average molecular weight is 393 g/mol. The summed E-state index contributed by atoms with van der Waals surface area (Å²) in [6.45, 7) is 1.79. The largest absolute Gasteiger partial charge is 0.419 e. The third kappa shape index (κ3) is 4.05. The minimum atomic E-state index is -4.66. The maximum absolute atomic E-state index is 12.7. The van der Waals surface area contributed by atoms with E-state index in [0.717, 1.165) is 12.1 Å². The molecule has 1 aliphatic rings. The van der Waals surface area contributed by atoms with E-state index in [4.69, 9.17) is 11.6 Å². The number of aliphatic hydroxyl groups excluding tert-OH is 1. The number of hydrogen-bond acceptors (Lipinski definition) is 5. The summed E-state index contributed by atoms with van der Waals surface area (Å²) in [5.41, 5.74) is 1.65. The predicted octanol–water partition coefficient (Wildman–Crippen LogP) is 3.07. The molecule has 1 aromatic rings. The van der Waals surface area contributed by atoms with Gasteiger partial charge in [0.1, 0.15) is 12.2 Å². The molecule has 0 saturated heterocycles. The minimum absolute atomic E-state index is 0.143. The van der Waals surface area contributed by atoms with Gasteiger partial charge in [-0.2, -0.15) is 13.2 Å². The van der Waals surface area contributed by atoms with E-state index in [0.29, 0.717) is 12.8 Å². The van der Waals surface area contributed by atoms with Gasteiger partial charge in [-0.3, -0.25) is 0 Å². The van der Waals surface area contributed by atoms with Crippen LogP contribution in [0.4, 0.5) is 19.0 Å². The van der Waals surface area contributed by atoms with E-state index in [1.54, 1.807) is 6.92 Å². The standard InChI is InChI=1S/C16H18ClF3N3O3/c1-3-10(24)5-4-9-8-13(25)23(2,15(9)26)22-12-7-6-11(14(17)21-12)16(18,19)20/h6-8,10,24H,3-5H2,1-2H3,(H,21,22)/q+1. The van der Waals surface area contributed by atoms with Gasteiger partial charge in [0, 0.05) is 0 Å². The molecule has 10 heteroatoms. The molecule has 2 amide bonds. The van der Waals surface area contributed by atoms with Crippen LogP contribution >= 0.6 is 11.6 Å². The molecule has 2 heterocycles. The third-order valence-corrected chi connectivity index (χ3v) is 4.42. The smallest absolute Gasteiger partial charge is 0.393 e. The Hall–Kier alpha value is -1.97. The summed E-state index contributed by atoms with van der Waals surface area (Å²) >= 11 is 5.56. The Balaban J connectivity index is 2.18. The number of hydrogen-bond donors (Lipinski definition) is 2. The van der Waals surface area contributed by atoms with E-state index < -0.39 is 39.4 Å². The monoisotopic (exact) mass is 392 g/mol. The number of quaternary nitrogens is 1. The normalized spacial score (nSPS) is 21.7. The highest BCUT2D eigenvalue weighted by atomic mass is 35.5. The van der Waals surface area contributed by atoms with Crippen molar-refractivity contribution in [2.45, 2.75) is 38.5 Å². The molecule has 0 fully saturated rings. The number of amides is 2. The first-order chi connectivity index (χ1) is 12.0. The maximum Gasteiger partial charge on any atom is 0.419 e. The second-order valence-corrected chi connectivity index (χ2v) is 6.42. The Morgan fingerprint density at radius 1 is 1.35 bits per heavy atom. The van der Waals surface area contributed by atoms with Crippen LogP contribution in [0.5, 0.6) is 0 Å². The van der Waals surface area contributed by atoms with E-state index in [2.05, 4.69) is 10.4 Å². The van der Waals surface area contributed by atoms with Crippen molar-refractivity contribution in [2.24, 2.45) is 0 Å². The zero-order chi connectivity index (χ0) is 19.7. The van der Waals surface area contributed by atoms with Crippen molar-refractivity contribution >= 4 is 29.2 Å². The van der Waals surface area contributed by atoms with Crippen LogP contribution in [0.15, 0.2) is 23.8 Å². The molecule has 0 bridgehead atoms. The zero-order valence-electron chi connectivity index (χ0n) is 14.1. The van der Waals surface area contributed by atoms with Gasteiger partial charge in [0.25, 0.3) is 0 Å². The lowest BCUT2D eigenvalue weighted by atomic mass is 10.1. The number of carbonyl (C=O) groups excluding carboxylic acids is 2. The predicted molar refractivity (Wildman–Crippen MR) is 87.7 cm³/mol. The molecule has 2 rings (SSSR count). The number of nitrogens with one attached hydrogen (secondary N) is 1. The molecule has 6 nitrogen and oxygen atoms in total. The fraction of sp³-hybridized carbons (Fsp3) is 0.438. The van der Waals surface area contributed by atoms with Crippen LogP contribution in [-0.2, 0) is 15.8 Å². The number of imide groups is 1. The molecule has 0 aromatic carbocycles. The van der Waals surface area contributed by atoms with Crippen LogP contribution in [0.3, 0.4) is 0 Å². The number of rotatable bonds is 6. The number of likely N-dealkylation sites (N-methyl/N-ethyl adjacent to an activating group) is 1. The molecule has 1 aromatic heterocycles. The minimum Gasteiger partial charge on any atom is -0.393 e. The highest BCUT2D eigenvalue weighted by molar-refractivity contribution is 6.30. The van der Waals surface area contributed by atoms with Gasteiger partial charge in [-0.15, -0.1) is 0 Å². The van der Waals surface area contributed by atoms with Crippen molar-refractivity contribution in [3.05, 3.63) is 34.5 Å². The number of pyridine rings is 1. The number of aliphatic hydroxyl groups is 1. The molecular formula is C16H18ClF3N3O3+. The SMILES string of the molecule is CCC(O)CCC1=CC(=O)[N+](C)(Nc2ccc(C(F)(F)F)c(Cl)n2)C1=O. The van der Waals surface area contributed by atoms with E-state index >= 15 is 0 Å². The number of halogens is 4. The molecule has 0 aliphatic carbocycles. The van der Waals surface area contributed by atoms with Crippen LogP contribution in [-0.4, -0.2) is 39.6 Å². The summed E-state index contributed by atoms with van der Waals surface area (Å²) in [6, 6.07) is 1.72. The highest BCUT2D eigenvalue weighted by Crippen LogP contribution is 2.35. The second kappa shape index (κ2) is 7.34. The van der Waals surface area contributed by atoms with Gasteiger partial charge in [-0.25, -0.2) is 20.0 Å². The van der Waals surface area contributed by atoms with Crippen molar-refractivity contribution in [1.82, 2.24) is 4.98 Å². The summed E-state index contributed by atoms with van der Waals surface area (Å²) < 4.78 is 37.3. The van der Waals surface area contributed by atoms with Crippen LogP contribution in [0.2, 0.25) is 5.15 Å². The van der Waals surface area contributed by atoms with Gasteiger partial charge in [0.15, 0.2) is 5.82 Å². The lowest BCUT2D eigenvalue weighted by Gasteiger charge is -2.24. The molecule has 2 unspecified atom stereocenters. The van der Waals surface area contributed by atoms with Crippen LogP contribution < -0.4 is 5.43 Å². The average Bonchev–Trinajstić information content (AvgIpc) is 2.75. The topological polar surface area (TPSA) is 79.3 Å². The number of alkyl halides is 3. The van der Waals surface area contributed by atoms with Gasteiger partial charge >= 0.3 is 18.0 Å². The summed E-state index contributed by atoms with van der Waals surface area (Å²) in [5, 5.41) is 8.81. The fourth-order valence-corrected chi connectivity index (χ4v) is 2.74. The van der Waals surface area contributed by atoms with E-state index in [1.807, 2.05) is 0 Å². The third-order valence-electron chi connectivity index (χ3n) is 4.13. The first-order valence-corrected chi connectivity index (χ1v) is 8.23. The van der Waals surface area contributed by atoms with Crippen LogP contribution in [0, 0.1) is 0 Å². The van der Waals surface area contributed by atoms with Crippen LogP contribution in [0.1, 0.15) is 31.7 Å². The Morgan fingerprint density at radius 3 is 2.54 bits per heavy atom. The van der Waals surface area contributed by atoms with Crippen LogP contribution in [0.25, 0.3) is 0 Å². The first kappa shape index (κ1) is 20.3. The van der Waals surface area contributed by atoms with Gasteiger partial charge in [-0.05, 0) is 31.4 Å². The molecule has 26 heavy (non-hydrogen) atoms. The van der Waals surface area contributed by atoms with Gasteiger partial charge < -0.3 is 5.11 Å². The Kier molecular flexibility index (Phi) is 5.74. The molecule has 2 N–H and O–H groups in total. The van der Waals surface area contributed by atoms with E-state index in [1.165, 1.54) is 13.1 Å². The molecule has 1 aliphatic heterocycles. The fourth-order valence-electron chi connectivity index (χ4n) is 2.48. The lowest BCUT2D eigenvalue weighted by molar-refractivity contribution is -0.726. The van der Waals surface area contributed by atoms with Crippen molar-refractivity contribution in [3.8, 4) is 0 Å². The second-order valence-electron chi connectivity index (χ2n) is 6.06. The van der Waals surface area contributed by atoms with Crippen molar-refractivity contribution in [1.29, 1.82) is 0 Å². The lowest BCUT2D eigenvalue weighted by Crippen LogP contribution is -2.54. The molecule has 0 spiro atoms. The molecule has 2 atom stereocenters. The molecular weight excluding hydrogens is 375 g/mol. The summed E-state index contributed by atoms with van der Waals surface area (Å²) in [7, 11) is 1.28. The first-order valence-electron chi connectivity index (χ1n) is 7.85. The quantitative estimate of drug-likeness (QED) is 0.442. The molecule has 142 valence electrons. The van der Waals surface area contributed by atoms with Gasteiger partial charge in [0.05, 0.1) is 23.3 Å². The number of aromatic nitrogens is 1. The number of nitrogens with zero attached hydrogens (tertiary/aromatic N) is 2. The van der Waals surface area contributed by atoms with E-state index in [-0.39, 0.29) is 17.8 Å². The maximum atomic E-state index is 12.7. The van der Waals surface area contributed by atoms with Gasteiger partial charge in [-0.1, -0.05) is 23.1 Å².